The number of ether oxygens (including phenoxy) is 1. The maximum absolute atomic E-state index is 13.4. The molecule has 3 amide bonds. The zero-order valence-corrected chi connectivity index (χ0v) is 25.9. The Morgan fingerprint density at radius 1 is 0.750 bits per heavy atom. The fourth-order valence-electron chi connectivity index (χ4n) is 5.04. The SMILES string of the molecule is CN(Cc1ccccc1)C(=O)[C@@H](NC(=O)COc1ccc(NC(=O)c2ccccc2-c2ccc(C(F)(F)F)cc2)cc1)c1ccccc1. The molecule has 0 unspecified atom stereocenters. The fraction of sp³-hybridized carbons (Fsp3) is 0.132. The summed E-state index contributed by atoms with van der Waals surface area (Å²) in [5.74, 6) is -0.870. The van der Waals surface area contributed by atoms with Gasteiger partial charge in [0.15, 0.2) is 6.61 Å². The second-order valence-electron chi connectivity index (χ2n) is 11.0. The lowest BCUT2D eigenvalue weighted by Crippen LogP contribution is -2.42. The average Bonchev–Trinajstić information content (AvgIpc) is 3.10. The van der Waals surface area contributed by atoms with E-state index in [0.29, 0.717) is 34.7 Å². The van der Waals surface area contributed by atoms with Crippen LogP contribution in [0.15, 0.2) is 133 Å². The van der Waals surface area contributed by atoms with E-state index in [2.05, 4.69) is 10.6 Å². The Morgan fingerprint density at radius 3 is 2.00 bits per heavy atom. The van der Waals surface area contributed by atoms with Gasteiger partial charge in [0.25, 0.3) is 11.8 Å². The first-order chi connectivity index (χ1) is 23.1. The van der Waals surface area contributed by atoms with E-state index in [1.165, 1.54) is 12.1 Å². The van der Waals surface area contributed by atoms with Gasteiger partial charge in [0.2, 0.25) is 5.91 Å². The molecule has 5 aromatic carbocycles. The van der Waals surface area contributed by atoms with E-state index in [4.69, 9.17) is 4.74 Å². The van der Waals surface area contributed by atoms with Crippen molar-refractivity contribution in [3.63, 3.8) is 0 Å². The fourth-order valence-corrected chi connectivity index (χ4v) is 5.04. The summed E-state index contributed by atoms with van der Waals surface area (Å²) in [6, 6.07) is 35.2. The molecule has 0 heterocycles. The molecule has 2 N–H and O–H groups in total. The normalized spacial score (nSPS) is 11.7. The van der Waals surface area contributed by atoms with Crippen LogP contribution in [0, 0.1) is 0 Å². The highest BCUT2D eigenvalue weighted by molar-refractivity contribution is 6.08. The minimum Gasteiger partial charge on any atom is -0.484 e. The van der Waals surface area contributed by atoms with Gasteiger partial charge in [-0.15, -0.1) is 0 Å². The third kappa shape index (κ3) is 8.67. The molecule has 10 heteroatoms. The number of carbonyl (C=O) groups excluding carboxylic acids is 3. The maximum atomic E-state index is 13.4. The topological polar surface area (TPSA) is 87.7 Å². The van der Waals surface area contributed by atoms with Gasteiger partial charge in [-0.1, -0.05) is 91.0 Å². The Morgan fingerprint density at radius 2 is 1.35 bits per heavy atom. The summed E-state index contributed by atoms with van der Waals surface area (Å²) < 4.78 is 44.7. The Hall–Kier alpha value is -5.90. The van der Waals surface area contributed by atoms with Crippen molar-refractivity contribution in [2.45, 2.75) is 18.8 Å². The van der Waals surface area contributed by atoms with Crippen molar-refractivity contribution in [1.82, 2.24) is 10.2 Å². The summed E-state index contributed by atoms with van der Waals surface area (Å²) >= 11 is 0. The van der Waals surface area contributed by atoms with E-state index < -0.39 is 29.6 Å². The van der Waals surface area contributed by atoms with E-state index >= 15 is 0 Å². The number of alkyl halides is 3. The van der Waals surface area contributed by atoms with Gasteiger partial charge in [-0.05, 0) is 64.7 Å². The van der Waals surface area contributed by atoms with E-state index in [1.807, 2.05) is 36.4 Å². The minimum absolute atomic E-state index is 0.279. The molecule has 7 nitrogen and oxygen atoms in total. The lowest BCUT2D eigenvalue weighted by Gasteiger charge is -2.25. The molecule has 0 aliphatic rings. The molecule has 0 radical (unpaired) electrons. The lowest BCUT2D eigenvalue weighted by atomic mass is 9.98. The molecule has 0 fully saturated rings. The second kappa shape index (κ2) is 15.1. The van der Waals surface area contributed by atoms with E-state index in [-0.39, 0.29) is 18.1 Å². The van der Waals surface area contributed by atoms with Crippen LogP contribution in [0.1, 0.15) is 33.1 Å². The number of hydrogen-bond acceptors (Lipinski definition) is 4. The summed E-state index contributed by atoms with van der Waals surface area (Å²) in [6.45, 7) is 0.0180. The van der Waals surface area contributed by atoms with Gasteiger partial charge in [0, 0.05) is 24.8 Å². The van der Waals surface area contributed by atoms with Crippen molar-refractivity contribution in [3.8, 4) is 16.9 Å². The van der Waals surface area contributed by atoms with Gasteiger partial charge in [-0.25, -0.2) is 0 Å². The van der Waals surface area contributed by atoms with Gasteiger partial charge in [-0.2, -0.15) is 13.2 Å². The highest BCUT2D eigenvalue weighted by atomic mass is 19.4. The van der Waals surface area contributed by atoms with Crippen LogP contribution in [0.2, 0.25) is 0 Å². The number of nitrogens with zero attached hydrogens (tertiary/aromatic N) is 1. The highest BCUT2D eigenvalue weighted by Gasteiger charge is 2.30. The molecule has 0 saturated heterocycles. The number of anilines is 1. The molecule has 0 saturated carbocycles. The quantitative estimate of drug-likeness (QED) is 0.155. The first-order valence-electron chi connectivity index (χ1n) is 15.0. The number of likely N-dealkylation sites (N-methyl/N-ethyl adjacent to an activating group) is 1. The molecule has 0 spiro atoms. The third-order valence-electron chi connectivity index (χ3n) is 7.50. The molecule has 0 aromatic heterocycles. The molecule has 0 bridgehead atoms. The van der Waals surface area contributed by atoms with Crippen molar-refractivity contribution in [1.29, 1.82) is 0 Å². The minimum atomic E-state index is -4.46. The summed E-state index contributed by atoms with van der Waals surface area (Å²) in [7, 11) is 1.68. The van der Waals surface area contributed by atoms with Crippen molar-refractivity contribution in [3.05, 3.63) is 156 Å². The largest absolute Gasteiger partial charge is 0.484 e. The van der Waals surface area contributed by atoms with Crippen LogP contribution in [0.25, 0.3) is 11.1 Å². The van der Waals surface area contributed by atoms with Crippen molar-refractivity contribution in [2.75, 3.05) is 19.0 Å². The van der Waals surface area contributed by atoms with Crippen LogP contribution in [0.4, 0.5) is 18.9 Å². The van der Waals surface area contributed by atoms with Crippen molar-refractivity contribution < 1.29 is 32.3 Å². The Labute approximate surface area is 276 Å². The van der Waals surface area contributed by atoms with Gasteiger partial charge in [0.1, 0.15) is 11.8 Å². The number of benzene rings is 5. The molecular formula is C38H32F3N3O4. The number of amides is 3. The van der Waals surface area contributed by atoms with Gasteiger partial charge < -0.3 is 20.3 Å². The number of rotatable bonds is 11. The van der Waals surface area contributed by atoms with Gasteiger partial charge >= 0.3 is 6.18 Å². The summed E-state index contributed by atoms with van der Waals surface area (Å²) in [5.41, 5.74) is 2.49. The molecule has 244 valence electrons. The number of carbonyl (C=O) groups is 3. The van der Waals surface area contributed by atoms with Crippen molar-refractivity contribution in [2.24, 2.45) is 0 Å². The number of nitrogens with one attached hydrogen (secondary N) is 2. The molecule has 1 atom stereocenters. The molecule has 48 heavy (non-hydrogen) atoms. The zero-order chi connectivity index (χ0) is 34.1. The average molecular weight is 652 g/mol. The predicted octanol–water partition coefficient (Wildman–Crippen LogP) is 7.52. The summed E-state index contributed by atoms with van der Waals surface area (Å²) in [5, 5.41) is 5.57. The van der Waals surface area contributed by atoms with Crippen LogP contribution in [0.5, 0.6) is 5.75 Å². The summed E-state index contributed by atoms with van der Waals surface area (Å²) in [6.07, 6.45) is -4.46. The second-order valence-corrected chi connectivity index (χ2v) is 11.0. The smallest absolute Gasteiger partial charge is 0.416 e. The monoisotopic (exact) mass is 651 g/mol. The molecular weight excluding hydrogens is 619 g/mol. The van der Waals surface area contributed by atoms with Crippen LogP contribution >= 0.6 is 0 Å². The van der Waals surface area contributed by atoms with E-state index in [9.17, 15) is 27.6 Å². The van der Waals surface area contributed by atoms with E-state index in [1.54, 1.807) is 84.7 Å². The highest BCUT2D eigenvalue weighted by Crippen LogP contribution is 2.32. The van der Waals surface area contributed by atoms with E-state index in [0.717, 1.165) is 17.7 Å². The number of hydrogen-bond donors (Lipinski definition) is 2. The molecule has 5 rings (SSSR count). The van der Waals surface area contributed by atoms with Crippen molar-refractivity contribution >= 4 is 23.4 Å². The first kappa shape index (κ1) is 33.5. The molecule has 0 aliphatic carbocycles. The Kier molecular flexibility index (Phi) is 10.5. The molecule has 0 aliphatic heterocycles. The predicted molar refractivity (Wildman–Crippen MR) is 177 cm³/mol. The first-order valence-corrected chi connectivity index (χ1v) is 15.0. The van der Waals surface area contributed by atoms with Gasteiger partial charge in [-0.3, -0.25) is 14.4 Å². The third-order valence-corrected chi connectivity index (χ3v) is 7.50. The van der Waals surface area contributed by atoms with Crippen LogP contribution in [-0.4, -0.2) is 36.3 Å². The maximum Gasteiger partial charge on any atom is 0.416 e. The summed E-state index contributed by atoms with van der Waals surface area (Å²) in [4.78, 5) is 41.1. The lowest BCUT2D eigenvalue weighted by molar-refractivity contribution is -0.137. The standard InChI is InChI=1S/C38H32F3N3O4/c1-44(24-26-10-4-2-5-11-26)37(47)35(28-12-6-3-7-13-28)43-34(45)25-48-31-22-20-30(21-23-31)42-36(46)33-15-9-8-14-32(33)27-16-18-29(19-17-27)38(39,40)41/h2-23,35H,24-25H2,1H3,(H,42,46)(H,43,45)/t35-/m0/s1. The Balaban J connectivity index is 1.19. The zero-order valence-electron chi connectivity index (χ0n) is 25.9. The van der Waals surface area contributed by atoms with Crippen LogP contribution in [0.3, 0.4) is 0 Å². The molecule has 5 aromatic rings. The van der Waals surface area contributed by atoms with Crippen LogP contribution < -0.4 is 15.4 Å². The number of halogens is 3. The Bertz CT molecular complexity index is 1850. The van der Waals surface area contributed by atoms with Crippen LogP contribution in [-0.2, 0) is 22.3 Å². The van der Waals surface area contributed by atoms with Gasteiger partial charge in [0.05, 0.1) is 5.56 Å².